The van der Waals surface area contributed by atoms with E-state index in [-0.39, 0.29) is 0 Å². The van der Waals surface area contributed by atoms with E-state index < -0.39 is 0 Å². The highest BCUT2D eigenvalue weighted by molar-refractivity contribution is 7.99. The molecule has 4 heteroatoms. The predicted molar refractivity (Wildman–Crippen MR) is 68.5 cm³/mol. The van der Waals surface area contributed by atoms with Crippen molar-refractivity contribution in [1.29, 1.82) is 0 Å². The summed E-state index contributed by atoms with van der Waals surface area (Å²) in [6, 6.07) is 0.527. The Balaban J connectivity index is 1.91. The van der Waals surface area contributed by atoms with Crippen molar-refractivity contribution < 1.29 is 0 Å². The summed E-state index contributed by atoms with van der Waals surface area (Å²) in [7, 11) is 0. The number of thioether (sulfide) groups is 1. The number of rotatable bonds is 4. The second-order valence-electron chi connectivity index (χ2n) is 4.17. The SMILES string of the molecule is CC(C)SCc1nc(C2CCCN2)cs1. The van der Waals surface area contributed by atoms with Gasteiger partial charge in [-0.15, -0.1) is 11.3 Å². The molecule has 1 N–H and O–H groups in total. The number of aromatic nitrogens is 1. The van der Waals surface area contributed by atoms with Gasteiger partial charge in [0.05, 0.1) is 11.7 Å². The van der Waals surface area contributed by atoms with E-state index in [0.29, 0.717) is 11.3 Å². The van der Waals surface area contributed by atoms with Crippen molar-refractivity contribution in [3.8, 4) is 0 Å². The molecule has 2 rings (SSSR count). The minimum atomic E-state index is 0.527. The summed E-state index contributed by atoms with van der Waals surface area (Å²) in [5.74, 6) is 1.06. The maximum atomic E-state index is 4.70. The van der Waals surface area contributed by atoms with Crippen LogP contribution in [0.15, 0.2) is 5.38 Å². The van der Waals surface area contributed by atoms with E-state index in [1.807, 2.05) is 11.8 Å². The molecule has 1 aromatic rings. The minimum Gasteiger partial charge on any atom is -0.309 e. The fourth-order valence-electron chi connectivity index (χ4n) is 1.73. The van der Waals surface area contributed by atoms with Gasteiger partial charge in [-0.05, 0) is 24.6 Å². The van der Waals surface area contributed by atoms with Gasteiger partial charge in [0, 0.05) is 11.1 Å². The van der Waals surface area contributed by atoms with Crippen molar-refractivity contribution in [3.05, 3.63) is 16.1 Å². The van der Waals surface area contributed by atoms with Crippen LogP contribution < -0.4 is 5.32 Å². The molecule has 0 spiro atoms. The molecule has 15 heavy (non-hydrogen) atoms. The Bertz CT molecular complexity index is 303. The smallest absolute Gasteiger partial charge is 0.103 e. The lowest BCUT2D eigenvalue weighted by molar-refractivity contribution is 0.630. The molecule has 1 aliphatic rings. The molecule has 0 bridgehead atoms. The first-order valence-corrected chi connectivity index (χ1v) is 7.48. The fourth-order valence-corrected chi connectivity index (χ4v) is 3.38. The third kappa shape index (κ3) is 3.20. The number of nitrogens with zero attached hydrogens (tertiary/aromatic N) is 1. The normalized spacial score (nSPS) is 21.4. The Morgan fingerprint density at radius 1 is 1.67 bits per heavy atom. The molecule has 84 valence electrons. The molecule has 0 aromatic carbocycles. The molecule has 2 heterocycles. The second-order valence-corrected chi connectivity index (χ2v) is 6.68. The van der Waals surface area contributed by atoms with Crippen molar-refractivity contribution >= 4 is 23.1 Å². The number of hydrogen-bond donors (Lipinski definition) is 1. The highest BCUT2D eigenvalue weighted by Gasteiger charge is 2.18. The predicted octanol–water partition coefficient (Wildman–Crippen LogP) is 3.21. The summed E-state index contributed by atoms with van der Waals surface area (Å²) in [5, 5.41) is 7.68. The molecule has 1 fully saturated rings. The maximum absolute atomic E-state index is 4.70. The van der Waals surface area contributed by atoms with Gasteiger partial charge in [0.1, 0.15) is 5.01 Å². The minimum absolute atomic E-state index is 0.527. The Kier molecular flexibility index (Phi) is 4.05. The van der Waals surface area contributed by atoms with Crippen LogP contribution in [0.25, 0.3) is 0 Å². The third-order valence-electron chi connectivity index (χ3n) is 2.53. The first kappa shape index (κ1) is 11.4. The van der Waals surface area contributed by atoms with Crippen LogP contribution in [0.3, 0.4) is 0 Å². The maximum Gasteiger partial charge on any atom is 0.103 e. The van der Waals surface area contributed by atoms with Gasteiger partial charge in [-0.3, -0.25) is 0 Å². The van der Waals surface area contributed by atoms with E-state index in [0.717, 1.165) is 12.3 Å². The average Bonchev–Trinajstić information content (AvgIpc) is 2.85. The highest BCUT2D eigenvalue weighted by Crippen LogP contribution is 2.26. The molecular formula is C11H18N2S2. The van der Waals surface area contributed by atoms with Crippen molar-refractivity contribution in [2.24, 2.45) is 0 Å². The summed E-state index contributed by atoms with van der Waals surface area (Å²) in [4.78, 5) is 4.70. The molecular weight excluding hydrogens is 224 g/mol. The van der Waals surface area contributed by atoms with E-state index in [9.17, 15) is 0 Å². The van der Waals surface area contributed by atoms with Gasteiger partial charge in [-0.2, -0.15) is 11.8 Å². The van der Waals surface area contributed by atoms with Crippen LogP contribution >= 0.6 is 23.1 Å². The molecule has 1 atom stereocenters. The summed E-state index contributed by atoms with van der Waals surface area (Å²) in [6.07, 6.45) is 2.54. The highest BCUT2D eigenvalue weighted by atomic mass is 32.2. The van der Waals surface area contributed by atoms with Crippen molar-refractivity contribution in [2.75, 3.05) is 6.54 Å². The lowest BCUT2D eigenvalue weighted by Gasteiger charge is -2.05. The zero-order chi connectivity index (χ0) is 10.7. The van der Waals surface area contributed by atoms with E-state index in [4.69, 9.17) is 4.98 Å². The Hall–Kier alpha value is -0.0600. The van der Waals surface area contributed by atoms with Crippen molar-refractivity contribution in [2.45, 2.75) is 43.7 Å². The van der Waals surface area contributed by atoms with Crippen LogP contribution in [-0.2, 0) is 5.75 Å². The van der Waals surface area contributed by atoms with Gasteiger partial charge in [-0.25, -0.2) is 4.98 Å². The quantitative estimate of drug-likeness (QED) is 0.877. The molecule has 2 nitrogen and oxygen atoms in total. The molecule has 0 saturated carbocycles. The Morgan fingerprint density at radius 3 is 3.20 bits per heavy atom. The van der Waals surface area contributed by atoms with Crippen molar-refractivity contribution in [3.63, 3.8) is 0 Å². The van der Waals surface area contributed by atoms with E-state index in [2.05, 4.69) is 24.5 Å². The van der Waals surface area contributed by atoms with Crippen LogP contribution in [0.2, 0.25) is 0 Å². The average molecular weight is 242 g/mol. The number of hydrogen-bond acceptors (Lipinski definition) is 4. The molecule has 0 amide bonds. The van der Waals surface area contributed by atoms with E-state index in [1.165, 1.54) is 23.5 Å². The molecule has 0 aliphatic carbocycles. The van der Waals surface area contributed by atoms with E-state index in [1.54, 1.807) is 11.3 Å². The topological polar surface area (TPSA) is 24.9 Å². The van der Waals surface area contributed by atoms with Crippen LogP contribution in [0, 0.1) is 0 Å². The van der Waals surface area contributed by atoms with Crippen LogP contribution in [0.1, 0.15) is 43.4 Å². The van der Waals surface area contributed by atoms with E-state index >= 15 is 0 Å². The summed E-state index contributed by atoms with van der Waals surface area (Å²) >= 11 is 3.77. The second kappa shape index (κ2) is 5.32. The molecule has 0 radical (unpaired) electrons. The van der Waals surface area contributed by atoms with Gasteiger partial charge in [-0.1, -0.05) is 13.8 Å². The standard InChI is InChI=1S/C11H18N2S2/c1-8(2)14-7-11-13-10(6-15-11)9-4-3-5-12-9/h6,8-9,12H,3-5,7H2,1-2H3. The monoisotopic (exact) mass is 242 g/mol. The Morgan fingerprint density at radius 2 is 2.53 bits per heavy atom. The number of thiazole rings is 1. The first-order chi connectivity index (χ1) is 7.25. The van der Waals surface area contributed by atoms with Gasteiger partial charge in [0.2, 0.25) is 0 Å². The lowest BCUT2D eigenvalue weighted by Crippen LogP contribution is -2.13. The fraction of sp³-hybridized carbons (Fsp3) is 0.727. The third-order valence-corrected chi connectivity index (χ3v) is 4.68. The van der Waals surface area contributed by atoms with Crippen molar-refractivity contribution in [1.82, 2.24) is 10.3 Å². The molecule has 1 aromatic heterocycles. The zero-order valence-corrected chi connectivity index (χ0v) is 11.0. The number of nitrogens with one attached hydrogen (secondary N) is 1. The van der Waals surface area contributed by atoms with Crippen LogP contribution in [0.5, 0.6) is 0 Å². The van der Waals surface area contributed by atoms with Gasteiger partial charge in [0.15, 0.2) is 0 Å². The Labute approximate surface area is 99.9 Å². The molecule has 1 saturated heterocycles. The molecule has 1 unspecified atom stereocenters. The van der Waals surface area contributed by atoms with Gasteiger partial charge in [0.25, 0.3) is 0 Å². The lowest BCUT2D eigenvalue weighted by atomic mass is 10.2. The summed E-state index contributed by atoms with van der Waals surface area (Å²) in [6.45, 7) is 5.62. The van der Waals surface area contributed by atoms with Crippen LogP contribution in [-0.4, -0.2) is 16.8 Å². The largest absolute Gasteiger partial charge is 0.309 e. The van der Waals surface area contributed by atoms with Gasteiger partial charge < -0.3 is 5.32 Å². The van der Waals surface area contributed by atoms with Gasteiger partial charge >= 0.3 is 0 Å². The zero-order valence-electron chi connectivity index (χ0n) is 9.32. The summed E-state index contributed by atoms with van der Waals surface area (Å²) < 4.78 is 0. The summed E-state index contributed by atoms with van der Waals surface area (Å²) in [5.41, 5.74) is 1.26. The molecule has 1 aliphatic heterocycles. The first-order valence-electron chi connectivity index (χ1n) is 5.55. The van der Waals surface area contributed by atoms with Crippen LogP contribution in [0.4, 0.5) is 0 Å².